The standard InChI is InChI=1S/C17H23BF3NO2/c1-6-7-10-22-14-9-8-12(17(19,20)21)11-13(14)18-23-15(2,3)16(4,5)24-18/h6-9,11,22H,10H2,1-5H3/b7-6+. The van der Waals surface area contributed by atoms with Crippen LogP contribution in [0.15, 0.2) is 30.4 Å². The zero-order valence-electron chi connectivity index (χ0n) is 14.6. The van der Waals surface area contributed by atoms with Crippen molar-refractivity contribution in [1.29, 1.82) is 0 Å². The van der Waals surface area contributed by atoms with E-state index in [-0.39, 0.29) is 0 Å². The SMILES string of the molecule is C/C=C/CNc1ccc(C(F)(F)F)cc1B1OC(C)(C)C(C)(C)O1. The highest BCUT2D eigenvalue weighted by Gasteiger charge is 2.52. The van der Waals surface area contributed by atoms with E-state index in [9.17, 15) is 13.2 Å². The second-order valence-corrected chi connectivity index (χ2v) is 6.84. The van der Waals surface area contributed by atoms with Crippen LogP contribution in [0, 0.1) is 0 Å². The molecular formula is C17H23BF3NO2. The maximum Gasteiger partial charge on any atom is 0.496 e. The van der Waals surface area contributed by atoms with Crippen LogP contribution in [0.4, 0.5) is 18.9 Å². The summed E-state index contributed by atoms with van der Waals surface area (Å²) in [6.07, 6.45) is -0.669. The molecule has 1 heterocycles. The lowest BCUT2D eigenvalue weighted by atomic mass is 9.77. The molecule has 0 amide bonds. The highest BCUT2D eigenvalue weighted by Crippen LogP contribution is 2.37. The van der Waals surface area contributed by atoms with Gasteiger partial charge in [0.2, 0.25) is 0 Å². The Labute approximate surface area is 141 Å². The molecule has 1 aromatic carbocycles. The first-order valence-electron chi connectivity index (χ1n) is 7.90. The van der Waals surface area contributed by atoms with Crippen LogP contribution in [0.1, 0.15) is 40.2 Å². The number of hydrogen-bond acceptors (Lipinski definition) is 3. The largest absolute Gasteiger partial charge is 0.496 e. The number of allylic oxidation sites excluding steroid dienone is 1. The van der Waals surface area contributed by atoms with Crippen molar-refractivity contribution in [3.8, 4) is 0 Å². The number of nitrogens with one attached hydrogen (secondary N) is 1. The van der Waals surface area contributed by atoms with Gasteiger partial charge in [0.25, 0.3) is 0 Å². The summed E-state index contributed by atoms with van der Waals surface area (Å²) >= 11 is 0. The fourth-order valence-corrected chi connectivity index (χ4v) is 2.35. The van der Waals surface area contributed by atoms with Gasteiger partial charge in [-0.05, 0) is 52.8 Å². The fourth-order valence-electron chi connectivity index (χ4n) is 2.35. The Morgan fingerprint density at radius 3 is 2.21 bits per heavy atom. The van der Waals surface area contributed by atoms with Crippen LogP contribution in [0.25, 0.3) is 0 Å². The van der Waals surface area contributed by atoms with Crippen molar-refractivity contribution in [2.45, 2.75) is 52.0 Å². The van der Waals surface area contributed by atoms with Crippen LogP contribution >= 0.6 is 0 Å². The average molecular weight is 341 g/mol. The van der Waals surface area contributed by atoms with Gasteiger partial charge in [0.15, 0.2) is 0 Å². The van der Waals surface area contributed by atoms with Crippen LogP contribution in [-0.4, -0.2) is 24.9 Å². The number of halogens is 3. The molecule has 1 fully saturated rings. The molecule has 0 aliphatic carbocycles. The Bertz CT molecular complexity index is 611. The Balaban J connectivity index is 2.41. The molecule has 24 heavy (non-hydrogen) atoms. The lowest BCUT2D eigenvalue weighted by Gasteiger charge is -2.32. The van der Waals surface area contributed by atoms with Gasteiger partial charge in [0, 0.05) is 17.7 Å². The molecule has 0 saturated carbocycles. The van der Waals surface area contributed by atoms with Crippen molar-refractivity contribution in [3.05, 3.63) is 35.9 Å². The number of anilines is 1. The van der Waals surface area contributed by atoms with Crippen LogP contribution in [0.3, 0.4) is 0 Å². The van der Waals surface area contributed by atoms with Gasteiger partial charge < -0.3 is 14.6 Å². The molecule has 1 saturated heterocycles. The number of hydrogen-bond donors (Lipinski definition) is 1. The molecule has 1 aliphatic rings. The van der Waals surface area contributed by atoms with Gasteiger partial charge in [0.1, 0.15) is 0 Å². The summed E-state index contributed by atoms with van der Waals surface area (Å²) < 4.78 is 51.1. The predicted octanol–water partition coefficient (Wildman–Crippen LogP) is 3.99. The van der Waals surface area contributed by atoms with Gasteiger partial charge >= 0.3 is 13.3 Å². The van der Waals surface area contributed by atoms with Crippen LogP contribution in [0.5, 0.6) is 0 Å². The second kappa shape index (κ2) is 6.45. The Hall–Kier alpha value is -1.47. The van der Waals surface area contributed by atoms with Gasteiger partial charge in [-0.2, -0.15) is 13.2 Å². The maximum atomic E-state index is 13.1. The zero-order chi connectivity index (χ0) is 18.2. The van der Waals surface area contributed by atoms with Crippen LogP contribution in [0.2, 0.25) is 0 Å². The summed E-state index contributed by atoms with van der Waals surface area (Å²) in [6, 6.07) is 3.58. The average Bonchev–Trinajstić information content (AvgIpc) is 2.66. The monoisotopic (exact) mass is 341 g/mol. The van der Waals surface area contributed by atoms with E-state index < -0.39 is 30.1 Å². The third-order valence-electron chi connectivity index (χ3n) is 4.53. The molecular weight excluding hydrogens is 318 g/mol. The van der Waals surface area contributed by atoms with Crippen molar-refractivity contribution in [3.63, 3.8) is 0 Å². The summed E-state index contributed by atoms with van der Waals surface area (Å²) in [5, 5.41) is 3.11. The van der Waals surface area contributed by atoms with E-state index in [0.717, 1.165) is 12.1 Å². The summed E-state index contributed by atoms with van der Waals surface area (Å²) in [7, 11) is -0.856. The lowest BCUT2D eigenvalue weighted by molar-refractivity contribution is -0.137. The highest BCUT2D eigenvalue weighted by atomic mass is 19.4. The van der Waals surface area contributed by atoms with E-state index in [2.05, 4.69) is 5.32 Å². The molecule has 3 nitrogen and oxygen atoms in total. The predicted molar refractivity (Wildman–Crippen MR) is 90.5 cm³/mol. The lowest BCUT2D eigenvalue weighted by Crippen LogP contribution is -2.41. The topological polar surface area (TPSA) is 30.5 Å². The van der Waals surface area contributed by atoms with E-state index >= 15 is 0 Å². The van der Waals surface area contributed by atoms with Crippen molar-refractivity contribution in [2.75, 3.05) is 11.9 Å². The molecule has 1 aliphatic heterocycles. The zero-order valence-corrected chi connectivity index (χ0v) is 14.6. The molecule has 0 atom stereocenters. The Morgan fingerprint density at radius 2 is 1.71 bits per heavy atom. The summed E-state index contributed by atoms with van der Waals surface area (Å²) in [5.41, 5.74) is -1.03. The van der Waals surface area contributed by atoms with Gasteiger partial charge in [-0.25, -0.2) is 0 Å². The highest BCUT2D eigenvalue weighted by molar-refractivity contribution is 6.64. The third kappa shape index (κ3) is 3.78. The molecule has 0 aromatic heterocycles. The van der Waals surface area contributed by atoms with Crippen molar-refractivity contribution >= 4 is 18.3 Å². The van der Waals surface area contributed by atoms with Gasteiger partial charge in [0.05, 0.1) is 16.8 Å². The van der Waals surface area contributed by atoms with E-state index in [1.807, 2.05) is 46.8 Å². The molecule has 0 unspecified atom stereocenters. The molecule has 0 bridgehead atoms. The van der Waals surface area contributed by atoms with E-state index in [4.69, 9.17) is 9.31 Å². The van der Waals surface area contributed by atoms with E-state index in [0.29, 0.717) is 17.7 Å². The molecule has 2 rings (SSSR count). The molecule has 0 radical (unpaired) electrons. The first kappa shape index (κ1) is 18.9. The summed E-state index contributed by atoms with van der Waals surface area (Å²) in [4.78, 5) is 0. The quantitative estimate of drug-likeness (QED) is 0.664. The van der Waals surface area contributed by atoms with Crippen molar-refractivity contribution in [2.24, 2.45) is 0 Å². The normalized spacial score (nSPS) is 19.9. The first-order chi connectivity index (χ1) is 11.0. The minimum atomic E-state index is -4.42. The minimum Gasteiger partial charge on any atom is -0.399 e. The van der Waals surface area contributed by atoms with Gasteiger partial charge in [-0.15, -0.1) is 0 Å². The van der Waals surface area contributed by atoms with E-state index in [1.54, 1.807) is 0 Å². The van der Waals surface area contributed by atoms with Crippen molar-refractivity contribution < 1.29 is 22.5 Å². The Morgan fingerprint density at radius 1 is 1.12 bits per heavy atom. The summed E-state index contributed by atoms with van der Waals surface area (Å²) in [5.74, 6) is 0. The van der Waals surface area contributed by atoms with Crippen molar-refractivity contribution in [1.82, 2.24) is 0 Å². The van der Waals surface area contributed by atoms with Crippen LogP contribution < -0.4 is 10.8 Å². The third-order valence-corrected chi connectivity index (χ3v) is 4.53. The van der Waals surface area contributed by atoms with Gasteiger partial charge in [-0.3, -0.25) is 0 Å². The Kier molecular flexibility index (Phi) is 5.07. The number of benzene rings is 1. The minimum absolute atomic E-state index is 0.355. The number of rotatable bonds is 4. The van der Waals surface area contributed by atoms with E-state index in [1.165, 1.54) is 6.07 Å². The number of alkyl halides is 3. The fraction of sp³-hybridized carbons (Fsp3) is 0.529. The van der Waals surface area contributed by atoms with Gasteiger partial charge in [-0.1, -0.05) is 12.2 Å². The molecule has 1 N–H and O–H groups in total. The maximum absolute atomic E-state index is 13.1. The molecule has 7 heteroatoms. The smallest absolute Gasteiger partial charge is 0.399 e. The van der Waals surface area contributed by atoms with Crippen LogP contribution in [-0.2, 0) is 15.5 Å². The molecule has 1 aromatic rings. The second-order valence-electron chi connectivity index (χ2n) is 6.84. The first-order valence-corrected chi connectivity index (χ1v) is 7.90. The molecule has 0 spiro atoms. The molecule has 132 valence electrons. The summed E-state index contributed by atoms with van der Waals surface area (Å²) in [6.45, 7) is 9.86.